The highest BCUT2D eigenvalue weighted by Crippen LogP contribution is 2.21. The van der Waals surface area contributed by atoms with Crippen molar-refractivity contribution in [2.75, 3.05) is 19.8 Å². The molecule has 4 heteroatoms. The second-order valence-corrected chi connectivity index (χ2v) is 4.63. The molecule has 0 bridgehead atoms. The van der Waals surface area contributed by atoms with Crippen LogP contribution in [0, 0.1) is 0 Å². The minimum atomic E-state index is -0.197. The predicted octanol–water partition coefficient (Wildman–Crippen LogP) is 1.47. The molecular weight excluding hydrogens is 218 g/mol. The van der Waals surface area contributed by atoms with Crippen LogP contribution in [-0.2, 0) is 17.7 Å². The van der Waals surface area contributed by atoms with Gasteiger partial charge in [-0.05, 0) is 25.0 Å². The third-order valence-corrected chi connectivity index (χ3v) is 3.46. The number of nitrogens with one attached hydrogen (secondary N) is 1. The maximum absolute atomic E-state index is 9.52. The van der Waals surface area contributed by atoms with E-state index in [1.54, 1.807) is 0 Å². The van der Waals surface area contributed by atoms with Gasteiger partial charge in [0.05, 0.1) is 13.2 Å². The van der Waals surface area contributed by atoms with Crippen LogP contribution in [0.15, 0.2) is 16.5 Å². The molecule has 2 rings (SSSR count). The number of furan rings is 1. The molecule has 0 aromatic carbocycles. The van der Waals surface area contributed by atoms with Gasteiger partial charge in [0.2, 0.25) is 0 Å². The minimum absolute atomic E-state index is 0.150. The third kappa shape index (κ3) is 3.09. The highest BCUT2D eigenvalue weighted by molar-refractivity contribution is 5.07. The van der Waals surface area contributed by atoms with E-state index < -0.39 is 0 Å². The Hall–Kier alpha value is -0.840. The van der Waals surface area contributed by atoms with Gasteiger partial charge in [-0.1, -0.05) is 6.92 Å². The zero-order valence-corrected chi connectivity index (χ0v) is 10.4. The second kappa shape index (κ2) is 5.67. The molecule has 1 aromatic heterocycles. The van der Waals surface area contributed by atoms with Crippen molar-refractivity contribution >= 4 is 0 Å². The summed E-state index contributed by atoms with van der Waals surface area (Å²) < 4.78 is 11.0. The lowest BCUT2D eigenvalue weighted by Gasteiger charge is -2.36. The Labute approximate surface area is 102 Å². The Kier molecular flexibility index (Phi) is 4.20. The van der Waals surface area contributed by atoms with Crippen LogP contribution in [0.5, 0.6) is 0 Å². The average Bonchev–Trinajstić information content (AvgIpc) is 2.85. The smallest absolute Gasteiger partial charge is 0.117 e. The van der Waals surface area contributed by atoms with Crippen LogP contribution in [0.4, 0.5) is 0 Å². The summed E-state index contributed by atoms with van der Waals surface area (Å²) in [5.74, 6) is 1.94. The van der Waals surface area contributed by atoms with Gasteiger partial charge in [-0.25, -0.2) is 0 Å². The molecule has 96 valence electrons. The van der Waals surface area contributed by atoms with Gasteiger partial charge in [0.1, 0.15) is 11.5 Å². The molecule has 0 radical (unpaired) electrons. The summed E-state index contributed by atoms with van der Waals surface area (Å²) in [4.78, 5) is 0. The molecule has 17 heavy (non-hydrogen) atoms. The molecule has 0 spiro atoms. The maximum Gasteiger partial charge on any atom is 0.117 e. The number of hydrogen-bond donors (Lipinski definition) is 2. The second-order valence-electron chi connectivity index (χ2n) is 4.63. The van der Waals surface area contributed by atoms with Crippen molar-refractivity contribution in [1.29, 1.82) is 0 Å². The maximum atomic E-state index is 9.52. The van der Waals surface area contributed by atoms with Crippen molar-refractivity contribution in [2.45, 2.75) is 38.3 Å². The molecule has 1 saturated heterocycles. The van der Waals surface area contributed by atoms with Gasteiger partial charge in [-0.2, -0.15) is 0 Å². The van der Waals surface area contributed by atoms with E-state index >= 15 is 0 Å². The van der Waals surface area contributed by atoms with E-state index in [1.165, 1.54) is 0 Å². The summed E-state index contributed by atoms with van der Waals surface area (Å²) in [5.41, 5.74) is -0.197. The van der Waals surface area contributed by atoms with Crippen LogP contribution in [-0.4, -0.2) is 30.5 Å². The molecule has 1 aliphatic heterocycles. The Bertz CT molecular complexity index is 342. The first-order valence-electron chi connectivity index (χ1n) is 6.29. The lowest BCUT2D eigenvalue weighted by Crippen LogP contribution is -2.51. The normalized spacial score (nSPS) is 19.4. The number of hydrogen-bond acceptors (Lipinski definition) is 4. The molecule has 2 N–H and O–H groups in total. The summed E-state index contributed by atoms with van der Waals surface area (Å²) in [6, 6.07) is 4.00. The first-order valence-corrected chi connectivity index (χ1v) is 6.29. The number of aliphatic hydroxyl groups is 1. The van der Waals surface area contributed by atoms with E-state index in [-0.39, 0.29) is 12.1 Å². The number of aryl methyl sites for hydroxylation is 1. The Morgan fingerprint density at radius 2 is 2.00 bits per heavy atom. The van der Waals surface area contributed by atoms with Gasteiger partial charge in [-0.3, -0.25) is 0 Å². The van der Waals surface area contributed by atoms with Crippen molar-refractivity contribution in [3.8, 4) is 0 Å². The molecule has 4 nitrogen and oxygen atoms in total. The minimum Gasteiger partial charge on any atom is -0.465 e. The zero-order valence-electron chi connectivity index (χ0n) is 10.4. The molecular formula is C13H21NO3. The summed E-state index contributed by atoms with van der Waals surface area (Å²) >= 11 is 0. The van der Waals surface area contributed by atoms with E-state index in [0.29, 0.717) is 19.8 Å². The Morgan fingerprint density at radius 3 is 2.59 bits per heavy atom. The topological polar surface area (TPSA) is 54.6 Å². The van der Waals surface area contributed by atoms with E-state index in [4.69, 9.17) is 9.15 Å². The first-order chi connectivity index (χ1) is 8.28. The van der Waals surface area contributed by atoms with Crippen LogP contribution < -0.4 is 5.32 Å². The van der Waals surface area contributed by atoms with Crippen LogP contribution in [0.25, 0.3) is 0 Å². The fourth-order valence-electron chi connectivity index (χ4n) is 2.13. The molecule has 1 aliphatic rings. The fraction of sp³-hybridized carbons (Fsp3) is 0.692. The summed E-state index contributed by atoms with van der Waals surface area (Å²) in [6.45, 7) is 4.32. The summed E-state index contributed by atoms with van der Waals surface area (Å²) in [7, 11) is 0. The fourth-order valence-corrected chi connectivity index (χ4v) is 2.13. The molecule has 0 amide bonds. The quantitative estimate of drug-likeness (QED) is 0.817. The Balaban J connectivity index is 1.90. The van der Waals surface area contributed by atoms with Crippen molar-refractivity contribution < 1.29 is 14.3 Å². The lowest BCUT2D eigenvalue weighted by atomic mass is 9.91. The van der Waals surface area contributed by atoms with Crippen LogP contribution >= 0.6 is 0 Å². The van der Waals surface area contributed by atoms with Crippen LogP contribution in [0.2, 0.25) is 0 Å². The number of ether oxygens (including phenoxy) is 1. The van der Waals surface area contributed by atoms with Crippen molar-refractivity contribution in [3.05, 3.63) is 23.7 Å². The predicted molar refractivity (Wildman–Crippen MR) is 64.8 cm³/mol. The van der Waals surface area contributed by atoms with Gasteiger partial charge in [0.25, 0.3) is 0 Å². The lowest BCUT2D eigenvalue weighted by molar-refractivity contribution is 0.0104. The van der Waals surface area contributed by atoms with Crippen molar-refractivity contribution in [3.63, 3.8) is 0 Å². The van der Waals surface area contributed by atoms with Crippen molar-refractivity contribution in [2.24, 2.45) is 0 Å². The Morgan fingerprint density at radius 1 is 1.29 bits per heavy atom. The van der Waals surface area contributed by atoms with Gasteiger partial charge < -0.3 is 19.6 Å². The van der Waals surface area contributed by atoms with Gasteiger partial charge >= 0.3 is 0 Å². The van der Waals surface area contributed by atoms with E-state index in [2.05, 4.69) is 12.2 Å². The highest BCUT2D eigenvalue weighted by Gasteiger charge is 2.31. The summed E-state index contributed by atoms with van der Waals surface area (Å²) in [6.07, 6.45) is 2.62. The standard InChI is InChI=1S/C13H21NO3/c1-2-11-3-4-12(17-11)9-14-13(10-15)5-7-16-8-6-13/h3-4,14-15H,2,5-10H2,1H3. The number of rotatable bonds is 5. The van der Waals surface area contributed by atoms with Crippen LogP contribution in [0.3, 0.4) is 0 Å². The first kappa shape index (κ1) is 12.6. The van der Waals surface area contributed by atoms with Crippen LogP contribution in [0.1, 0.15) is 31.3 Å². The molecule has 0 aliphatic carbocycles. The van der Waals surface area contributed by atoms with E-state index in [1.807, 2.05) is 12.1 Å². The molecule has 1 fully saturated rings. The van der Waals surface area contributed by atoms with Crippen molar-refractivity contribution in [1.82, 2.24) is 5.32 Å². The molecule has 2 heterocycles. The molecule has 0 unspecified atom stereocenters. The SMILES string of the molecule is CCc1ccc(CNC2(CO)CCOCC2)o1. The van der Waals surface area contributed by atoms with Gasteiger partial charge in [0, 0.05) is 25.2 Å². The van der Waals surface area contributed by atoms with E-state index in [0.717, 1.165) is 30.8 Å². The molecule has 0 saturated carbocycles. The average molecular weight is 239 g/mol. The monoisotopic (exact) mass is 239 g/mol. The van der Waals surface area contributed by atoms with Gasteiger partial charge in [-0.15, -0.1) is 0 Å². The van der Waals surface area contributed by atoms with Gasteiger partial charge in [0.15, 0.2) is 0 Å². The molecule has 1 aromatic rings. The zero-order chi connectivity index (χ0) is 12.1. The third-order valence-electron chi connectivity index (χ3n) is 3.46. The highest BCUT2D eigenvalue weighted by atomic mass is 16.5. The largest absolute Gasteiger partial charge is 0.465 e. The number of aliphatic hydroxyl groups excluding tert-OH is 1. The summed E-state index contributed by atoms with van der Waals surface area (Å²) in [5, 5.41) is 12.9. The van der Waals surface area contributed by atoms with E-state index in [9.17, 15) is 5.11 Å². The molecule has 0 atom stereocenters.